The minimum absolute atomic E-state index is 0. The van der Waals surface area contributed by atoms with Gasteiger partial charge in [0.25, 0.3) is 5.91 Å². The lowest BCUT2D eigenvalue weighted by Crippen LogP contribution is -2.38. The summed E-state index contributed by atoms with van der Waals surface area (Å²) in [5.41, 5.74) is 2.56. The van der Waals surface area contributed by atoms with Gasteiger partial charge in [-0.2, -0.15) is 0 Å². The molecule has 2 aromatic carbocycles. The summed E-state index contributed by atoms with van der Waals surface area (Å²) in [7, 11) is 1.67. The fraction of sp³-hybridized carbons (Fsp3) is 0.269. The molecule has 1 saturated heterocycles. The number of aromatic nitrogens is 3. The lowest BCUT2D eigenvalue weighted by Gasteiger charge is -2.24. The predicted octanol–water partition coefficient (Wildman–Crippen LogP) is 4.37. The van der Waals surface area contributed by atoms with Crippen LogP contribution in [0.3, 0.4) is 0 Å². The summed E-state index contributed by atoms with van der Waals surface area (Å²) in [5.74, 6) is 0.163. The molecule has 3 heterocycles. The van der Waals surface area contributed by atoms with E-state index >= 15 is 0 Å². The Morgan fingerprint density at radius 3 is 2.69 bits per heavy atom. The Morgan fingerprint density at radius 2 is 1.97 bits per heavy atom. The van der Waals surface area contributed by atoms with E-state index in [4.69, 9.17) is 4.74 Å². The minimum Gasteiger partial charge on any atom is -0.412 e. The van der Waals surface area contributed by atoms with Crippen molar-refractivity contribution in [2.75, 3.05) is 26.5 Å². The van der Waals surface area contributed by atoms with Gasteiger partial charge in [-0.15, -0.1) is 11.8 Å². The second-order valence-corrected chi connectivity index (χ2v) is 9.15. The quantitative estimate of drug-likeness (QED) is 0.371. The lowest BCUT2D eigenvalue weighted by molar-refractivity contribution is 0.0631. The summed E-state index contributed by atoms with van der Waals surface area (Å²) in [6.07, 6.45) is 9.18. The number of amides is 1. The van der Waals surface area contributed by atoms with Crippen molar-refractivity contribution >= 4 is 28.6 Å². The summed E-state index contributed by atoms with van der Waals surface area (Å²) < 4.78 is 21.4. The number of likely N-dealkylation sites (tertiary alicyclic amines) is 1. The molecule has 2 N–H and O–H groups in total. The highest BCUT2D eigenvalue weighted by molar-refractivity contribution is 7.98. The van der Waals surface area contributed by atoms with Gasteiger partial charge in [0.2, 0.25) is 5.95 Å². The number of thioether (sulfide) groups is 1. The predicted molar refractivity (Wildman–Crippen MR) is 136 cm³/mol. The van der Waals surface area contributed by atoms with E-state index in [1.807, 2.05) is 40.1 Å². The highest BCUT2D eigenvalue weighted by Crippen LogP contribution is 2.32. The Balaban J connectivity index is 0.00000289. The molecule has 9 heteroatoms. The zero-order valence-electron chi connectivity index (χ0n) is 19.6. The molecule has 0 radical (unpaired) electrons. The summed E-state index contributed by atoms with van der Waals surface area (Å²) in [4.78, 5) is 25.3. The highest BCUT2D eigenvalue weighted by Gasteiger charge is 2.29. The molecule has 0 spiro atoms. The van der Waals surface area contributed by atoms with Crippen molar-refractivity contribution in [1.82, 2.24) is 19.4 Å². The fourth-order valence-corrected chi connectivity index (χ4v) is 5.17. The summed E-state index contributed by atoms with van der Waals surface area (Å²) in [5, 5.41) is 1.03. The van der Waals surface area contributed by atoms with E-state index < -0.39 is 0 Å². The second-order valence-electron chi connectivity index (χ2n) is 8.30. The van der Waals surface area contributed by atoms with Crippen LogP contribution in [0.4, 0.5) is 4.39 Å². The number of benzene rings is 2. The first kappa shape index (κ1) is 24.8. The van der Waals surface area contributed by atoms with Crippen molar-refractivity contribution in [1.29, 1.82) is 0 Å². The molecule has 0 saturated carbocycles. The molecule has 7 nitrogen and oxygen atoms in total. The number of halogens is 1. The van der Waals surface area contributed by atoms with Crippen LogP contribution in [-0.4, -0.2) is 63.4 Å². The van der Waals surface area contributed by atoms with Crippen LogP contribution in [0.2, 0.25) is 0 Å². The van der Waals surface area contributed by atoms with Crippen molar-refractivity contribution in [3.8, 4) is 17.1 Å². The normalized spacial score (nSPS) is 15.4. The lowest BCUT2D eigenvalue weighted by atomic mass is 10.1. The number of hydrogen-bond acceptors (Lipinski definition) is 5. The first-order valence-electron chi connectivity index (χ1n) is 11.2. The van der Waals surface area contributed by atoms with Gasteiger partial charge < -0.3 is 15.1 Å². The molecule has 0 bridgehead atoms. The third-order valence-corrected chi connectivity index (χ3v) is 7.04. The van der Waals surface area contributed by atoms with Gasteiger partial charge in [-0.05, 0) is 37.3 Å². The molecule has 1 atom stereocenters. The molecule has 1 amide bonds. The van der Waals surface area contributed by atoms with E-state index in [1.165, 1.54) is 6.07 Å². The van der Waals surface area contributed by atoms with Crippen LogP contribution in [-0.2, 0) is 4.74 Å². The number of hydrogen-bond donors (Lipinski definition) is 0. The van der Waals surface area contributed by atoms with Crippen molar-refractivity contribution < 1.29 is 19.4 Å². The molecule has 35 heavy (non-hydrogen) atoms. The molecular weight excluding hydrogens is 467 g/mol. The van der Waals surface area contributed by atoms with Gasteiger partial charge in [-0.1, -0.05) is 24.3 Å². The van der Waals surface area contributed by atoms with Crippen LogP contribution in [0.1, 0.15) is 23.2 Å². The molecule has 4 aromatic rings. The first-order chi connectivity index (χ1) is 16.6. The number of carbonyl (C=O) groups is 1. The van der Waals surface area contributed by atoms with E-state index in [0.717, 1.165) is 35.2 Å². The fourth-order valence-electron chi connectivity index (χ4n) is 4.57. The monoisotopic (exact) mass is 494 g/mol. The zero-order valence-corrected chi connectivity index (χ0v) is 20.4. The number of ether oxygens (including phenoxy) is 1. The standard InChI is InChI=1S/C26H25FN4O2S.H2O/c1-33-16-19-6-5-11-30(19)25(32)17-9-10-21-23(12-17)31(15-24(21)34-2)26-28-13-18(14-29-26)20-7-3-4-8-22(20)27;/h3-4,7-10,12-15,19H,5-6,11,16H2,1-2H3;1H2/t19-;/m1./s1. The highest BCUT2D eigenvalue weighted by atomic mass is 32.2. The molecular formula is C26H27FN4O3S. The summed E-state index contributed by atoms with van der Waals surface area (Å²) >= 11 is 1.62. The minimum atomic E-state index is -0.313. The first-order valence-corrected chi connectivity index (χ1v) is 12.4. The number of nitrogens with zero attached hydrogens (tertiary/aromatic N) is 4. The van der Waals surface area contributed by atoms with E-state index in [0.29, 0.717) is 29.2 Å². The topological polar surface area (TPSA) is 91.8 Å². The molecule has 0 aliphatic carbocycles. The van der Waals surface area contributed by atoms with Crippen LogP contribution in [0.15, 0.2) is 66.0 Å². The molecule has 1 aliphatic heterocycles. The van der Waals surface area contributed by atoms with E-state index in [1.54, 1.807) is 49.5 Å². The van der Waals surface area contributed by atoms with Crippen molar-refractivity contribution in [2.24, 2.45) is 0 Å². The number of methoxy groups -OCH3 is 1. The third-order valence-electron chi connectivity index (χ3n) is 6.27. The number of fused-ring (bicyclic) bond motifs is 1. The Kier molecular flexibility index (Phi) is 7.49. The van der Waals surface area contributed by atoms with Crippen molar-refractivity contribution in [3.05, 3.63) is 72.4 Å². The Morgan fingerprint density at radius 1 is 1.20 bits per heavy atom. The molecule has 1 aliphatic rings. The Labute approximate surface area is 207 Å². The van der Waals surface area contributed by atoms with Gasteiger partial charge in [-0.25, -0.2) is 14.4 Å². The summed E-state index contributed by atoms with van der Waals surface area (Å²) in [6.45, 7) is 1.28. The molecule has 182 valence electrons. The Hall–Kier alpha value is -3.27. The van der Waals surface area contributed by atoms with Gasteiger partial charge in [-0.3, -0.25) is 9.36 Å². The SMILES string of the molecule is COC[C@H]1CCCN1C(=O)c1ccc2c(SC)cn(-c3ncc(-c4ccccc4F)cn3)c2c1.O. The Bertz CT molecular complexity index is 1340. The maximum atomic E-state index is 14.2. The average Bonchev–Trinajstić information content (AvgIpc) is 3.48. The van der Waals surface area contributed by atoms with Crippen LogP contribution in [0.25, 0.3) is 28.0 Å². The van der Waals surface area contributed by atoms with Gasteiger partial charge in [0, 0.05) is 59.2 Å². The maximum absolute atomic E-state index is 14.2. The average molecular weight is 495 g/mol. The van der Waals surface area contributed by atoms with Crippen LogP contribution < -0.4 is 0 Å². The maximum Gasteiger partial charge on any atom is 0.254 e. The van der Waals surface area contributed by atoms with Gasteiger partial charge in [0.05, 0.1) is 18.2 Å². The second kappa shape index (κ2) is 10.6. The molecule has 2 aromatic heterocycles. The van der Waals surface area contributed by atoms with E-state index in [2.05, 4.69) is 9.97 Å². The molecule has 0 unspecified atom stereocenters. The van der Waals surface area contributed by atoms with Crippen LogP contribution >= 0.6 is 11.8 Å². The third kappa shape index (κ3) is 4.67. The molecule has 5 rings (SSSR count). The zero-order chi connectivity index (χ0) is 23.7. The largest absolute Gasteiger partial charge is 0.412 e. The van der Waals surface area contributed by atoms with Crippen LogP contribution in [0.5, 0.6) is 0 Å². The molecule has 1 fully saturated rings. The van der Waals surface area contributed by atoms with Crippen molar-refractivity contribution in [2.45, 2.75) is 23.8 Å². The van der Waals surface area contributed by atoms with Gasteiger partial charge in [0.15, 0.2) is 0 Å². The van der Waals surface area contributed by atoms with Crippen molar-refractivity contribution in [3.63, 3.8) is 0 Å². The summed E-state index contributed by atoms with van der Waals surface area (Å²) in [6, 6.07) is 12.5. The number of rotatable bonds is 6. The van der Waals surface area contributed by atoms with Gasteiger partial charge in [0.1, 0.15) is 5.82 Å². The number of carbonyl (C=O) groups excluding carboxylic acids is 1. The smallest absolute Gasteiger partial charge is 0.254 e. The van der Waals surface area contributed by atoms with E-state index in [9.17, 15) is 9.18 Å². The van der Waals surface area contributed by atoms with Gasteiger partial charge >= 0.3 is 0 Å². The van der Waals surface area contributed by atoms with Crippen LogP contribution in [0, 0.1) is 5.82 Å². The van der Waals surface area contributed by atoms with E-state index in [-0.39, 0.29) is 23.2 Å².